The van der Waals surface area contributed by atoms with E-state index < -0.39 is 0 Å². The first kappa shape index (κ1) is 9.19. The first-order valence-electron chi connectivity index (χ1n) is 5.02. The molecule has 0 aliphatic carbocycles. The van der Waals surface area contributed by atoms with Crippen molar-refractivity contribution in [2.75, 3.05) is 18.0 Å². The number of nitrogens with zero attached hydrogens (tertiary/aromatic N) is 1. The molecule has 0 atom stereocenters. The Balaban J connectivity index is 2.35. The Morgan fingerprint density at radius 1 is 1.29 bits per heavy atom. The lowest BCUT2D eigenvalue weighted by Crippen LogP contribution is -2.20. The molecule has 0 spiro atoms. The summed E-state index contributed by atoms with van der Waals surface area (Å²) in [5.41, 5.74) is 2.20. The quantitative estimate of drug-likeness (QED) is 0.705. The maximum Gasteiger partial charge on any atom is 0.159 e. The Labute approximate surface area is 83.6 Å². The summed E-state index contributed by atoms with van der Waals surface area (Å²) >= 11 is 0. The average molecular weight is 193 g/mol. The number of aromatic hydroxyl groups is 2. The number of benzene rings is 1. The van der Waals surface area contributed by atoms with E-state index in [0.29, 0.717) is 0 Å². The van der Waals surface area contributed by atoms with Crippen molar-refractivity contribution in [3.05, 3.63) is 17.7 Å². The fourth-order valence-corrected chi connectivity index (χ4v) is 1.98. The molecule has 1 heterocycles. The minimum Gasteiger partial charge on any atom is -0.504 e. The van der Waals surface area contributed by atoms with Crippen molar-refractivity contribution < 1.29 is 10.2 Å². The smallest absolute Gasteiger partial charge is 0.159 e. The molecule has 1 aliphatic heterocycles. The van der Waals surface area contributed by atoms with E-state index in [1.807, 2.05) is 0 Å². The van der Waals surface area contributed by atoms with Gasteiger partial charge in [-0.05, 0) is 24.5 Å². The third-order valence-electron chi connectivity index (χ3n) is 2.66. The molecule has 1 aromatic rings. The molecule has 0 saturated heterocycles. The van der Waals surface area contributed by atoms with Gasteiger partial charge in [0.1, 0.15) is 0 Å². The summed E-state index contributed by atoms with van der Waals surface area (Å²) in [7, 11) is 0. The van der Waals surface area contributed by atoms with Crippen molar-refractivity contribution in [3.63, 3.8) is 0 Å². The van der Waals surface area contributed by atoms with Crippen molar-refractivity contribution >= 4 is 5.69 Å². The predicted octanol–water partition coefficient (Wildman–Crippen LogP) is 1.87. The van der Waals surface area contributed by atoms with E-state index in [2.05, 4.69) is 11.8 Å². The highest BCUT2D eigenvalue weighted by molar-refractivity contribution is 5.64. The molecular weight excluding hydrogens is 178 g/mol. The van der Waals surface area contributed by atoms with Gasteiger partial charge in [-0.1, -0.05) is 6.92 Å². The number of anilines is 1. The second-order valence-electron chi connectivity index (χ2n) is 3.71. The highest BCUT2D eigenvalue weighted by Crippen LogP contribution is 2.37. The Morgan fingerprint density at radius 2 is 2.00 bits per heavy atom. The van der Waals surface area contributed by atoms with Crippen LogP contribution in [0.1, 0.15) is 18.9 Å². The van der Waals surface area contributed by atoms with Crippen molar-refractivity contribution in [2.45, 2.75) is 19.8 Å². The molecule has 1 aliphatic rings. The van der Waals surface area contributed by atoms with Crippen LogP contribution in [0, 0.1) is 0 Å². The Kier molecular flexibility index (Phi) is 2.23. The standard InChI is InChI=1S/C11H15NO2/c1-2-4-12-5-3-8-6-10(13)11(14)7-9(8)12/h6-7,13-14H,2-5H2,1H3. The van der Waals surface area contributed by atoms with Crippen molar-refractivity contribution in [2.24, 2.45) is 0 Å². The van der Waals surface area contributed by atoms with Gasteiger partial charge >= 0.3 is 0 Å². The van der Waals surface area contributed by atoms with Crippen molar-refractivity contribution in [1.29, 1.82) is 0 Å². The zero-order valence-electron chi connectivity index (χ0n) is 8.32. The van der Waals surface area contributed by atoms with Gasteiger partial charge in [0, 0.05) is 24.8 Å². The lowest BCUT2D eigenvalue weighted by atomic mass is 10.1. The molecule has 3 heteroatoms. The second kappa shape index (κ2) is 3.40. The molecule has 2 rings (SSSR count). The average Bonchev–Trinajstić information content (AvgIpc) is 2.51. The van der Waals surface area contributed by atoms with Crippen LogP contribution in [-0.2, 0) is 6.42 Å². The van der Waals surface area contributed by atoms with E-state index in [1.165, 1.54) is 0 Å². The van der Waals surface area contributed by atoms with E-state index >= 15 is 0 Å². The van der Waals surface area contributed by atoms with Crippen LogP contribution in [0.5, 0.6) is 11.5 Å². The summed E-state index contributed by atoms with van der Waals surface area (Å²) in [4.78, 5) is 2.24. The van der Waals surface area contributed by atoms with Gasteiger partial charge in [0.2, 0.25) is 0 Å². The van der Waals surface area contributed by atoms with Crippen LogP contribution < -0.4 is 4.90 Å². The first-order chi connectivity index (χ1) is 6.72. The third kappa shape index (κ3) is 1.39. The predicted molar refractivity (Wildman–Crippen MR) is 56.0 cm³/mol. The number of phenols is 2. The molecule has 0 unspecified atom stereocenters. The molecule has 1 aromatic carbocycles. The fraction of sp³-hybridized carbons (Fsp3) is 0.455. The van der Waals surface area contributed by atoms with Crippen LogP contribution in [0.15, 0.2) is 12.1 Å². The molecule has 0 bridgehead atoms. The molecule has 2 N–H and O–H groups in total. The van der Waals surface area contributed by atoms with Gasteiger partial charge in [0.05, 0.1) is 0 Å². The van der Waals surface area contributed by atoms with Crippen LogP contribution in [0.4, 0.5) is 5.69 Å². The monoisotopic (exact) mass is 193 g/mol. The molecule has 0 radical (unpaired) electrons. The van der Waals surface area contributed by atoms with E-state index in [-0.39, 0.29) is 11.5 Å². The van der Waals surface area contributed by atoms with E-state index in [0.717, 1.165) is 37.2 Å². The number of hydrogen-bond donors (Lipinski definition) is 2. The van der Waals surface area contributed by atoms with Crippen LogP contribution in [0.25, 0.3) is 0 Å². The van der Waals surface area contributed by atoms with Crippen LogP contribution >= 0.6 is 0 Å². The molecule has 0 amide bonds. The summed E-state index contributed by atoms with van der Waals surface area (Å²) in [6.07, 6.45) is 2.06. The topological polar surface area (TPSA) is 43.7 Å². The molecule has 14 heavy (non-hydrogen) atoms. The first-order valence-corrected chi connectivity index (χ1v) is 5.02. The van der Waals surface area contributed by atoms with Gasteiger partial charge in [-0.25, -0.2) is 0 Å². The number of rotatable bonds is 2. The summed E-state index contributed by atoms with van der Waals surface area (Å²) in [6.45, 7) is 4.14. The summed E-state index contributed by atoms with van der Waals surface area (Å²) in [5.74, 6) is -0.0335. The number of phenolic OH excluding ortho intramolecular Hbond substituents is 2. The summed E-state index contributed by atoms with van der Waals surface area (Å²) in [6, 6.07) is 3.33. The van der Waals surface area contributed by atoms with Crippen LogP contribution in [0.3, 0.4) is 0 Å². The Hall–Kier alpha value is -1.38. The van der Waals surface area contributed by atoms with Gasteiger partial charge in [0.25, 0.3) is 0 Å². The van der Waals surface area contributed by atoms with Gasteiger partial charge in [-0.2, -0.15) is 0 Å². The van der Waals surface area contributed by atoms with Gasteiger partial charge in [-0.15, -0.1) is 0 Å². The van der Waals surface area contributed by atoms with Crippen molar-refractivity contribution in [3.8, 4) is 11.5 Å². The van der Waals surface area contributed by atoms with E-state index in [1.54, 1.807) is 12.1 Å². The minimum absolute atomic E-state index is 0.0119. The highest BCUT2D eigenvalue weighted by Gasteiger charge is 2.20. The van der Waals surface area contributed by atoms with Gasteiger partial charge < -0.3 is 15.1 Å². The fourth-order valence-electron chi connectivity index (χ4n) is 1.98. The van der Waals surface area contributed by atoms with E-state index in [9.17, 15) is 10.2 Å². The lowest BCUT2D eigenvalue weighted by molar-refractivity contribution is 0.403. The van der Waals surface area contributed by atoms with Gasteiger partial charge in [0.15, 0.2) is 11.5 Å². The normalized spacial score (nSPS) is 14.5. The number of fused-ring (bicyclic) bond motifs is 1. The molecule has 0 saturated carbocycles. The zero-order chi connectivity index (χ0) is 10.1. The second-order valence-corrected chi connectivity index (χ2v) is 3.71. The lowest BCUT2D eigenvalue weighted by Gasteiger charge is -2.18. The molecule has 76 valence electrons. The molecule has 0 fully saturated rings. The SMILES string of the molecule is CCCN1CCc2cc(O)c(O)cc21. The van der Waals surface area contributed by atoms with Gasteiger partial charge in [-0.3, -0.25) is 0 Å². The van der Waals surface area contributed by atoms with E-state index in [4.69, 9.17) is 0 Å². The molecular formula is C11H15NO2. The largest absolute Gasteiger partial charge is 0.504 e. The maximum absolute atomic E-state index is 9.39. The molecule has 0 aromatic heterocycles. The third-order valence-corrected chi connectivity index (χ3v) is 2.66. The Bertz CT molecular complexity index is 349. The zero-order valence-corrected chi connectivity index (χ0v) is 8.32. The van der Waals surface area contributed by atoms with Crippen molar-refractivity contribution in [1.82, 2.24) is 0 Å². The van der Waals surface area contributed by atoms with Crippen LogP contribution in [-0.4, -0.2) is 23.3 Å². The number of hydrogen-bond acceptors (Lipinski definition) is 3. The summed E-state index contributed by atoms with van der Waals surface area (Å²) in [5, 5.41) is 18.7. The highest BCUT2D eigenvalue weighted by atomic mass is 16.3. The Morgan fingerprint density at radius 3 is 2.71 bits per heavy atom. The van der Waals surface area contributed by atoms with Crippen LogP contribution in [0.2, 0.25) is 0 Å². The molecule has 3 nitrogen and oxygen atoms in total. The maximum atomic E-state index is 9.39. The summed E-state index contributed by atoms with van der Waals surface area (Å²) < 4.78 is 0. The minimum atomic E-state index is -0.0215.